The smallest absolute Gasteiger partial charge is 0.309 e. The van der Waals surface area contributed by atoms with Crippen molar-refractivity contribution in [2.45, 2.75) is 104 Å². The van der Waals surface area contributed by atoms with Crippen molar-refractivity contribution in [2.75, 3.05) is 0 Å². The Balaban J connectivity index is 1.52. The second-order valence-electron chi connectivity index (χ2n) is 10.0. The topological polar surface area (TPSA) is 74.6 Å². The number of carbonyl (C=O) groups is 2. The van der Waals surface area contributed by atoms with E-state index < -0.39 is 22.8 Å². The van der Waals surface area contributed by atoms with Gasteiger partial charge < -0.3 is 10.2 Å². The number of aryl methyl sites for hydroxylation is 2. The summed E-state index contributed by atoms with van der Waals surface area (Å²) in [6, 6.07) is 2.29. The molecule has 4 heteroatoms. The minimum atomic E-state index is -0.610. The lowest BCUT2D eigenvalue weighted by Crippen LogP contribution is -2.14. The van der Waals surface area contributed by atoms with Gasteiger partial charge in [0.2, 0.25) is 0 Å². The maximum absolute atomic E-state index is 11.4. The van der Waals surface area contributed by atoms with E-state index in [1.165, 1.54) is 27.8 Å². The predicted molar refractivity (Wildman–Crippen MR) is 119 cm³/mol. The highest BCUT2D eigenvalue weighted by molar-refractivity contribution is 5.78. The Morgan fingerprint density at radius 2 is 1.20 bits per heavy atom. The molecule has 0 unspecified atom stereocenters. The maximum Gasteiger partial charge on any atom is 0.309 e. The van der Waals surface area contributed by atoms with E-state index in [1.807, 2.05) is 0 Å². The molecule has 4 nitrogen and oxygen atoms in total. The molecule has 0 bridgehead atoms. The van der Waals surface area contributed by atoms with Gasteiger partial charge in [0.1, 0.15) is 0 Å². The van der Waals surface area contributed by atoms with Crippen LogP contribution in [0.5, 0.6) is 0 Å². The third kappa shape index (κ3) is 5.07. The highest BCUT2D eigenvalue weighted by atomic mass is 16.4. The van der Waals surface area contributed by atoms with E-state index in [2.05, 4.69) is 26.8 Å². The summed E-state index contributed by atoms with van der Waals surface area (Å²) in [7, 11) is 0. The van der Waals surface area contributed by atoms with Crippen LogP contribution in [0.4, 0.5) is 0 Å². The summed E-state index contributed by atoms with van der Waals surface area (Å²) >= 11 is 0. The summed E-state index contributed by atoms with van der Waals surface area (Å²) in [6.07, 6.45) is 12.3. The van der Waals surface area contributed by atoms with E-state index in [-0.39, 0.29) is 0 Å². The molecule has 2 aliphatic carbocycles. The molecule has 0 radical (unpaired) electrons. The molecule has 1 aromatic carbocycles. The Kier molecular flexibility index (Phi) is 6.94. The molecular weight excluding hydrogens is 376 g/mol. The second-order valence-corrected chi connectivity index (χ2v) is 10.0. The van der Waals surface area contributed by atoms with E-state index in [1.54, 1.807) is 0 Å². The molecule has 2 N–H and O–H groups in total. The van der Waals surface area contributed by atoms with E-state index >= 15 is 0 Å². The first-order chi connectivity index (χ1) is 14.2. The van der Waals surface area contributed by atoms with Crippen molar-refractivity contribution in [1.82, 2.24) is 0 Å². The van der Waals surface area contributed by atoms with Crippen molar-refractivity contribution in [3.63, 3.8) is 0 Å². The molecule has 166 valence electrons. The van der Waals surface area contributed by atoms with Crippen LogP contribution in [0.1, 0.15) is 98.4 Å². The maximum atomic E-state index is 11.4. The summed E-state index contributed by atoms with van der Waals surface area (Å²) < 4.78 is 0. The predicted octanol–water partition coefficient (Wildman–Crippen LogP) is 6.16. The second kappa shape index (κ2) is 9.11. The van der Waals surface area contributed by atoms with Crippen LogP contribution >= 0.6 is 0 Å². The van der Waals surface area contributed by atoms with Crippen molar-refractivity contribution in [2.24, 2.45) is 10.8 Å². The first-order valence-corrected chi connectivity index (χ1v) is 11.8. The van der Waals surface area contributed by atoms with Crippen LogP contribution in [0.3, 0.4) is 0 Å². The van der Waals surface area contributed by atoms with Gasteiger partial charge in [-0.1, -0.05) is 25.3 Å². The van der Waals surface area contributed by atoms with Crippen LogP contribution in [0.2, 0.25) is 0 Å². The minimum absolute atomic E-state index is 0.393. The van der Waals surface area contributed by atoms with Gasteiger partial charge in [-0.05, 0) is 113 Å². The van der Waals surface area contributed by atoms with Crippen molar-refractivity contribution < 1.29 is 19.8 Å². The molecule has 0 aliphatic heterocycles. The summed E-state index contributed by atoms with van der Waals surface area (Å²) in [4.78, 5) is 22.7. The zero-order chi connectivity index (χ0) is 21.9. The van der Waals surface area contributed by atoms with Crippen molar-refractivity contribution >= 4 is 11.9 Å². The molecule has 30 heavy (non-hydrogen) atoms. The number of aliphatic carboxylic acids is 2. The number of hydrogen-bond donors (Lipinski definition) is 2. The van der Waals surface area contributed by atoms with Gasteiger partial charge in [0, 0.05) is 0 Å². The zero-order valence-corrected chi connectivity index (χ0v) is 19.0. The molecule has 2 saturated carbocycles. The van der Waals surface area contributed by atoms with Gasteiger partial charge in [0.25, 0.3) is 0 Å². The van der Waals surface area contributed by atoms with Gasteiger partial charge in [-0.25, -0.2) is 0 Å². The number of unbranched alkanes of at least 4 members (excludes halogenated alkanes) is 3. The molecule has 0 amide bonds. The Hall–Kier alpha value is -1.84. The zero-order valence-electron chi connectivity index (χ0n) is 19.0. The SMILES string of the molecule is Cc1cc(C)c(CCCCC2(C(=O)O)CC2)c(CCCCCC2(C(=O)O)CC2)c1C. The van der Waals surface area contributed by atoms with Gasteiger partial charge in [0.15, 0.2) is 0 Å². The molecular formula is C26H38O4. The molecule has 0 spiro atoms. The average Bonchev–Trinajstić information content (AvgIpc) is 3.59. The van der Waals surface area contributed by atoms with Crippen molar-refractivity contribution in [3.05, 3.63) is 33.9 Å². The standard InChI is InChI=1S/C26H38O4/c1-18-17-19(2)21(9-6-8-12-26(15-16-26)24(29)30)22(20(18)3)10-5-4-7-11-25(13-14-25)23(27)28/h17H,4-16H2,1-3H3,(H,27,28)(H,29,30). The Morgan fingerprint density at radius 3 is 1.70 bits per heavy atom. The number of rotatable bonds is 13. The Labute approximate surface area is 181 Å². The fourth-order valence-corrected chi connectivity index (χ4v) is 5.06. The molecule has 1 aromatic rings. The molecule has 2 aliphatic rings. The van der Waals surface area contributed by atoms with E-state index in [4.69, 9.17) is 0 Å². The van der Waals surface area contributed by atoms with Gasteiger partial charge in [0.05, 0.1) is 10.8 Å². The molecule has 3 rings (SSSR count). The molecule has 0 saturated heterocycles. The van der Waals surface area contributed by atoms with Crippen molar-refractivity contribution in [3.8, 4) is 0 Å². The third-order valence-corrected chi connectivity index (χ3v) is 7.85. The van der Waals surface area contributed by atoms with Crippen LogP contribution in [0.25, 0.3) is 0 Å². The van der Waals surface area contributed by atoms with E-state index in [0.717, 1.165) is 83.5 Å². The number of carboxylic acids is 2. The van der Waals surface area contributed by atoms with Gasteiger partial charge >= 0.3 is 11.9 Å². The summed E-state index contributed by atoms with van der Waals surface area (Å²) in [5, 5.41) is 18.7. The molecule has 0 aromatic heterocycles. The van der Waals surface area contributed by atoms with Gasteiger partial charge in [-0.15, -0.1) is 0 Å². The number of carboxylic acid groups (broad SMARTS) is 2. The van der Waals surface area contributed by atoms with Crippen LogP contribution in [0.15, 0.2) is 6.07 Å². The van der Waals surface area contributed by atoms with Crippen LogP contribution in [-0.4, -0.2) is 22.2 Å². The fraction of sp³-hybridized carbons (Fsp3) is 0.692. The van der Waals surface area contributed by atoms with Gasteiger partial charge in [-0.3, -0.25) is 9.59 Å². The lowest BCUT2D eigenvalue weighted by molar-refractivity contribution is -0.144. The van der Waals surface area contributed by atoms with Crippen LogP contribution < -0.4 is 0 Å². The molecule has 0 heterocycles. The van der Waals surface area contributed by atoms with E-state index in [0.29, 0.717) is 0 Å². The summed E-state index contributed by atoms with van der Waals surface area (Å²) in [6.45, 7) is 6.61. The quantitative estimate of drug-likeness (QED) is 0.379. The first kappa shape index (κ1) is 22.8. The molecule has 2 fully saturated rings. The highest BCUT2D eigenvalue weighted by Crippen LogP contribution is 2.50. The third-order valence-electron chi connectivity index (χ3n) is 7.85. The monoisotopic (exact) mass is 414 g/mol. The van der Waals surface area contributed by atoms with Crippen LogP contribution in [0, 0.1) is 31.6 Å². The summed E-state index contributed by atoms with van der Waals surface area (Å²) in [5.41, 5.74) is 6.23. The average molecular weight is 415 g/mol. The number of hydrogen-bond acceptors (Lipinski definition) is 2. The number of benzene rings is 1. The van der Waals surface area contributed by atoms with Crippen LogP contribution in [-0.2, 0) is 22.4 Å². The highest BCUT2D eigenvalue weighted by Gasteiger charge is 2.49. The van der Waals surface area contributed by atoms with Gasteiger partial charge in [-0.2, -0.15) is 0 Å². The normalized spacial score (nSPS) is 18.2. The molecule has 0 atom stereocenters. The van der Waals surface area contributed by atoms with Crippen molar-refractivity contribution in [1.29, 1.82) is 0 Å². The Morgan fingerprint density at radius 1 is 0.733 bits per heavy atom. The fourth-order valence-electron chi connectivity index (χ4n) is 5.06. The van der Waals surface area contributed by atoms with E-state index in [9.17, 15) is 19.8 Å². The lowest BCUT2D eigenvalue weighted by Gasteiger charge is -2.19. The Bertz CT molecular complexity index is 800. The largest absolute Gasteiger partial charge is 0.481 e. The summed E-state index contributed by atoms with van der Waals surface area (Å²) in [5.74, 6) is -1.22. The lowest BCUT2D eigenvalue weighted by atomic mass is 9.87. The first-order valence-electron chi connectivity index (χ1n) is 11.8. The minimum Gasteiger partial charge on any atom is -0.481 e.